The van der Waals surface area contributed by atoms with Gasteiger partial charge in [-0.05, 0) is 59.5 Å². The van der Waals surface area contributed by atoms with E-state index in [0.29, 0.717) is 11.5 Å². The van der Waals surface area contributed by atoms with Crippen LogP contribution in [0.1, 0.15) is 83.8 Å². The van der Waals surface area contributed by atoms with Crippen molar-refractivity contribution < 1.29 is 9.59 Å². The minimum absolute atomic E-state index is 0.0567. The second-order valence-corrected chi connectivity index (χ2v) is 10.4. The van der Waals surface area contributed by atoms with Crippen LogP contribution in [0.5, 0.6) is 0 Å². The van der Waals surface area contributed by atoms with Crippen LogP contribution in [0.2, 0.25) is 0 Å². The Balaban J connectivity index is 1.56. The van der Waals surface area contributed by atoms with Crippen molar-refractivity contribution >= 4 is 28.8 Å². The maximum atomic E-state index is 13.9. The molecule has 1 saturated carbocycles. The fraction of sp³-hybridized carbons (Fsp3) is 0.357. The Kier molecular flexibility index (Phi) is 6.07. The van der Waals surface area contributed by atoms with Crippen LogP contribution in [0.15, 0.2) is 66.0 Å². The third-order valence-corrected chi connectivity index (χ3v) is 8.00. The highest BCUT2D eigenvalue weighted by Crippen LogP contribution is 2.47. The smallest absolute Gasteiger partial charge is 0.254 e. The van der Waals surface area contributed by atoms with E-state index in [2.05, 4.69) is 37.4 Å². The predicted octanol–water partition coefficient (Wildman–Crippen LogP) is 6.73. The third kappa shape index (κ3) is 4.10. The fourth-order valence-electron chi connectivity index (χ4n) is 5.35. The first-order valence-corrected chi connectivity index (χ1v) is 12.8. The molecule has 33 heavy (non-hydrogen) atoms. The summed E-state index contributed by atoms with van der Waals surface area (Å²) in [6.45, 7) is 4.32. The summed E-state index contributed by atoms with van der Waals surface area (Å²) in [4.78, 5) is 30.7. The van der Waals surface area contributed by atoms with Crippen molar-refractivity contribution in [2.45, 2.75) is 63.5 Å². The number of fused-ring (bicyclic) bond motifs is 1. The van der Waals surface area contributed by atoms with Gasteiger partial charge in [-0.3, -0.25) is 9.59 Å². The largest absolute Gasteiger partial charge is 0.327 e. The van der Waals surface area contributed by atoms with E-state index in [1.165, 1.54) is 5.56 Å². The number of amides is 2. The standard InChI is InChI=1S/C28H30N2O2S/c1-18(2)19-13-15-20(16-14-19)29-27(31)25-22-10-5-6-11-23(22)28(32)30(21-8-3-4-9-21)26(25)24-12-7-17-33-24/h5-7,10-18,21,25-26H,3-4,8-9H2,1-2H3,(H,29,31)/t25-,26-/m0/s1. The molecule has 0 spiro atoms. The summed E-state index contributed by atoms with van der Waals surface area (Å²) in [5.41, 5.74) is 3.51. The summed E-state index contributed by atoms with van der Waals surface area (Å²) in [6, 6.07) is 19.7. The highest BCUT2D eigenvalue weighted by molar-refractivity contribution is 7.10. The van der Waals surface area contributed by atoms with E-state index in [-0.39, 0.29) is 23.9 Å². The summed E-state index contributed by atoms with van der Waals surface area (Å²) >= 11 is 1.63. The Morgan fingerprint density at radius 2 is 1.73 bits per heavy atom. The van der Waals surface area contributed by atoms with E-state index in [1.54, 1.807) is 11.3 Å². The highest BCUT2D eigenvalue weighted by Gasteiger charge is 2.47. The monoisotopic (exact) mass is 458 g/mol. The van der Waals surface area contributed by atoms with E-state index in [9.17, 15) is 9.59 Å². The van der Waals surface area contributed by atoms with Gasteiger partial charge in [0.2, 0.25) is 5.91 Å². The second-order valence-electron chi connectivity index (χ2n) is 9.44. The molecule has 0 bridgehead atoms. The van der Waals surface area contributed by atoms with Gasteiger partial charge in [-0.2, -0.15) is 0 Å². The molecule has 5 rings (SSSR count). The van der Waals surface area contributed by atoms with Crippen molar-refractivity contribution in [1.29, 1.82) is 0 Å². The van der Waals surface area contributed by atoms with E-state index in [1.807, 2.05) is 52.7 Å². The first kappa shape index (κ1) is 21.9. The van der Waals surface area contributed by atoms with E-state index in [4.69, 9.17) is 0 Å². The highest BCUT2D eigenvalue weighted by atomic mass is 32.1. The predicted molar refractivity (Wildman–Crippen MR) is 134 cm³/mol. The maximum absolute atomic E-state index is 13.9. The Bertz CT molecular complexity index is 1130. The molecule has 2 aromatic carbocycles. The molecular formula is C28H30N2O2S. The third-order valence-electron chi connectivity index (χ3n) is 7.06. The number of benzene rings is 2. The first-order valence-electron chi connectivity index (χ1n) is 11.9. The van der Waals surface area contributed by atoms with Crippen LogP contribution in [0, 0.1) is 0 Å². The lowest BCUT2D eigenvalue weighted by Gasteiger charge is -2.44. The summed E-state index contributed by atoms with van der Waals surface area (Å²) in [6.07, 6.45) is 4.26. The van der Waals surface area contributed by atoms with Crippen LogP contribution in [0.25, 0.3) is 0 Å². The molecule has 0 unspecified atom stereocenters. The molecular weight excluding hydrogens is 428 g/mol. The maximum Gasteiger partial charge on any atom is 0.254 e. The summed E-state index contributed by atoms with van der Waals surface area (Å²) in [7, 11) is 0. The van der Waals surface area contributed by atoms with Crippen LogP contribution in [0.4, 0.5) is 5.69 Å². The zero-order valence-corrected chi connectivity index (χ0v) is 20.0. The van der Waals surface area contributed by atoms with Crippen molar-refractivity contribution in [2.24, 2.45) is 0 Å². The van der Waals surface area contributed by atoms with E-state index in [0.717, 1.165) is 41.8 Å². The van der Waals surface area contributed by atoms with Gasteiger partial charge in [-0.1, -0.05) is 63.1 Å². The van der Waals surface area contributed by atoms with Crippen LogP contribution in [-0.4, -0.2) is 22.8 Å². The average Bonchev–Trinajstić information content (AvgIpc) is 3.54. The van der Waals surface area contributed by atoms with Gasteiger partial charge in [0.15, 0.2) is 0 Å². The van der Waals surface area contributed by atoms with Gasteiger partial charge in [0.05, 0.1) is 12.0 Å². The molecule has 2 amide bonds. The molecule has 1 aromatic heterocycles. The molecule has 1 aliphatic carbocycles. The molecule has 0 radical (unpaired) electrons. The van der Waals surface area contributed by atoms with Gasteiger partial charge in [0.25, 0.3) is 5.91 Å². The van der Waals surface area contributed by atoms with E-state index < -0.39 is 5.92 Å². The number of hydrogen-bond donors (Lipinski definition) is 1. The van der Waals surface area contributed by atoms with Gasteiger partial charge < -0.3 is 10.2 Å². The molecule has 2 atom stereocenters. The van der Waals surface area contributed by atoms with Crippen LogP contribution in [-0.2, 0) is 4.79 Å². The van der Waals surface area contributed by atoms with Crippen LogP contribution in [0.3, 0.4) is 0 Å². The number of nitrogens with one attached hydrogen (secondary N) is 1. The summed E-state index contributed by atoms with van der Waals surface area (Å²) in [5, 5.41) is 5.20. The number of carbonyl (C=O) groups is 2. The molecule has 1 fully saturated rings. The summed E-state index contributed by atoms with van der Waals surface area (Å²) in [5.74, 6) is -0.0213. The Morgan fingerprint density at radius 1 is 1.00 bits per heavy atom. The molecule has 1 aliphatic heterocycles. The van der Waals surface area contributed by atoms with Crippen molar-refractivity contribution in [2.75, 3.05) is 5.32 Å². The molecule has 2 aliphatic rings. The molecule has 2 heterocycles. The molecule has 0 saturated heterocycles. The number of anilines is 1. The molecule has 5 heteroatoms. The lowest BCUT2D eigenvalue weighted by Crippen LogP contribution is -2.49. The Hall–Kier alpha value is -2.92. The first-order chi connectivity index (χ1) is 16.0. The lowest BCUT2D eigenvalue weighted by molar-refractivity contribution is -0.119. The van der Waals surface area contributed by atoms with Crippen molar-refractivity contribution in [3.63, 3.8) is 0 Å². The fourth-order valence-corrected chi connectivity index (χ4v) is 6.21. The zero-order chi connectivity index (χ0) is 22.9. The van der Waals surface area contributed by atoms with Gasteiger partial charge in [-0.15, -0.1) is 11.3 Å². The number of rotatable bonds is 5. The number of nitrogens with zero attached hydrogens (tertiary/aromatic N) is 1. The van der Waals surface area contributed by atoms with Gasteiger partial charge >= 0.3 is 0 Å². The van der Waals surface area contributed by atoms with Gasteiger partial charge in [0.1, 0.15) is 0 Å². The van der Waals surface area contributed by atoms with E-state index >= 15 is 0 Å². The van der Waals surface area contributed by atoms with Crippen molar-refractivity contribution in [3.8, 4) is 0 Å². The van der Waals surface area contributed by atoms with Gasteiger partial charge in [0, 0.05) is 22.2 Å². The number of thiophene rings is 1. The van der Waals surface area contributed by atoms with Gasteiger partial charge in [-0.25, -0.2) is 0 Å². The second kappa shape index (κ2) is 9.14. The minimum atomic E-state index is -0.456. The Labute approximate surface area is 199 Å². The number of hydrogen-bond acceptors (Lipinski definition) is 3. The normalized spacial score (nSPS) is 20.8. The quantitative estimate of drug-likeness (QED) is 0.461. The molecule has 3 aromatic rings. The van der Waals surface area contributed by atoms with Crippen molar-refractivity contribution in [3.05, 3.63) is 87.6 Å². The van der Waals surface area contributed by atoms with Crippen LogP contribution < -0.4 is 5.32 Å². The SMILES string of the molecule is CC(C)c1ccc(NC(=O)[C@H]2c3ccccc3C(=O)N(C3CCCC3)[C@H]2c2cccs2)cc1. The summed E-state index contributed by atoms with van der Waals surface area (Å²) < 4.78 is 0. The molecule has 170 valence electrons. The number of carbonyl (C=O) groups excluding carboxylic acids is 2. The zero-order valence-electron chi connectivity index (χ0n) is 19.2. The molecule has 1 N–H and O–H groups in total. The minimum Gasteiger partial charge on any atom is -0.327 e. The molecule has 4 nitrogen and oxygen atoms in total. The lowest BCUT2D eigenvalue weighted by atomic mass is 9.80. The van der Waals surface area contributed by atoms with Crippen molar-refractivity contribution in [1.82, 2.24) is 4.90 Å². The topological polar surface area (TPSA) is 49.4 Å². The average molecular weight is 459 g/mol. The Morgan fingerprint density at radius 3 is 2.39 bits per heavy atom. The van der Waals surface area contributed by atoms with Crippen LogP contribution >= 0.6 is 11.3 Å².